The summed E-state index contributed by atoms with van der Waals surface area (Å²) >= 11 is 0. The molecule has 2 saturated heterocycles. The number of likely N-dealkylation sites (tertiary alicyclic amines) is 2. The first-order chi connectivity index (χ1) is 13.3. The number of nitrogens with zero attached hydrogens (tertiary/aromatic N) is 3. The van der Waals surface area contributed by atoms with Gasteiger partial charge in [0, 0.05) is 39.1 Å². The Hall–Kier alpha value is -1.93. The fraction of sp³-hybridized carbons (Fsp3) is 0.600. The van der Waals surface area contributed by atoms with Gasteiger partial charge in [-0.25, -0.2) is 12.7 Å². The van der Waals surface area contributed by atoms with Gasteiger partial charge in [-0.2, -0.15) is 0 Å². The fourth-order valence-corrected chi connectivity index (χ4v) is 4.84. The van der Waals surface area contributed by atoms with Crippen molar-refractivity contribution in [1.29, 1.82) is 0 Å². The van der Waals surface area contributed by atoms with Gasteiger partial charge >= 0.3 is 0 Å². The minimum Gasteiger partial charge on any atom is -0.340 e. The number of amides is 2. The van der Waals surface area contributed by atoms with E-state index >= 15 is 0 Å². The molecule has 2 aliphatic heterocycles. The standard InChI is InChI=1S/C20H29N3O4S/c1-21(28(2,26)27)17-11-14-22(15-12-17)20(25)19(16-8-4-3-5-9-16)23-13-7-6-10-18(23)24/h3-5,8-9,17,19H,6-7,10-15H2,1-2H3. The Morgan fingerprint density at radius 1 is 1.11 bits per heavy atom. The van der Waals surface area contributed by atoms with Crippen molar-refractivity contribution < 1.29 is 18.0 Å². The zero-order valence-electron chi connectivity index (χ0n) is 16.6. The van der Waals surface area contributed by atoms with Crippen LogP contribution in [0.2, 0.25) is 0 Å². The molecule has 1 atom stereocenters. The van der Waals surface area contributed by atoms with Crippen LogP contribution in [-0.4, -0.2) is 73.3 Å². The van der Waals surface area contributed by atoms with E-state index in [2.05, 4.69) is 0 Å². The molecule has 1 aromatic rings. The first kappa shape index (κ1) is 20.8. The van der Waals surface area contributed by atoms with Crippen LogP contribution in [0.1, 0.15) is 43.7 Å². The molecule has 0 spiro atoms. The molecular formula is C20H29N3O4S. The molecule has 2 amide bonds. The summed E-state index contributed by atoms with van der Waals surface area (Å²) in [6, 6.07) is 8.78. The smallest absolute Gasteiger partial charge is 0.250 e. The molecule has 3 rings (SSSR count). The summed E-state index contributed by atoms with van der Waals surface area (Å²) in [5.74, 6) is -0.0398. The van der Waals surface area contributed by atoms with Gasteiger partial charge in [0.15, 0.2) is 0 Å². The molecule has 2 fully saturated rings. The monoisotopic (exact) mass is 407 g/mol. The summed E-state index contributed by atoms with van der Waals surface area (Å²) in [6.45, 7) is 1.58. The van der Waals surface area contributed by atoms with E-state index < -0.39 is 16.1 Å². The highest BCUT2D eigenvalue weighted by Crippen LogP contribution is 2.29. The Kier molecular flexibility index (Phi) is 6.40. The second-order valence-electron chi connectivity index (χ2n) is 7.69. The predicted octanol–water partition coefficient (Wildman–Crippen LogP) is 1.62. The number of carbonyl (C=O) groups is 2. The predicted molar refractivity (Wildman–Crippen MR) is 107 cm³/mol. The first-order valence-corrected chi connectivity index (χ1v) is 11.7. The van der Waals surface area contributed by atoms with Crippen LogP contribution < -0.4 is 0 Å². The highest BCUT2D eigenvalue weighted by atomic mass is 32.2. The van der Waals surface area contributed by atoms with Gasteiger partial charge in [-0.1, -0.05) is 30.3 Å². The van der Waals surface area contributed by atoms with Gasteiger partial charge in [-0.3, -0.25) is 9.59 Å². The van der Waals surface area contributed by atoms with Crippen molar-refractivity contribution in [2.75, 3.05) is 32.9 Å². The number of hydrogen-bond acceptors (Lipinski definition) is 4. The minimum atomic E-state index is -3.25. The van der Waals surface area contributed by atoms with Crippen molar-refractivity contribution in [1.82, 2.24) is 14.1 Å². The molecule has 8 heteroatoms. The second kappa shape index (κ2) is 8.61. The van der Waals surface area contributed by atoms with Gasteiger partial charge < -0.3 is 9.80 Å². The van der Waals surface area contributed by atoms with E-state index in [9.17, 15) is 18.0 Å². The molecular weight excluding hydrogens is 378 g/mol. The van der Waals surface area contributed by atoms with Crippen LogP contribution in [-0.2, 0) is 19.6 Å². The maximum Gasteiger partial charge on any atom is 0.250 e. The van der Waals surface area contributed by atoms with E-state index in [1.807, 2.05) is 30.3 Å². The number of carbonyl (C=O) groups excluding carboxylic acids is 2. The zero-order valence-corrected chi connectivity index (χ0v) is 17.4. The van der Waals surface area contributed by atoms with Crippen LogP contribution in [0.15, 0.2) is 30.3 Å². The number of sulfonamides is 1. The van der Waals surface area contributed by atoms with E-state index in [4.69, 9.17) is 0 Å². The third-order valence-electron chi connectivity index (χ3n) is 5.83. The summed E-state index contributed by atoms with van der Waals surface area (Å²) in [5, 5.41) is 0. The van der Waals surface area contributed by atoms with Crippen molar-refractivity contribution in [3.63, 3.8) is 0 Å². The summed E-state index contributed by atoms with van der Waals surface area (Å²) in [5.41, 5.74) is 0.832. The first-order valence-electron chi connectivity index (χ1n) is 9.85. The molecule has 154 valence electrons. The molecule has 0 bridgehead atoms. The third-order valence-corrected chi connectivity index (χ3v) is 7.18. The molecule has 0 aromatic heterocycles. The van der Waals surface area contributed by atoms with Crippen molar-refractivity contribution >= 4 is 21.8 Å². The highest BCUT2D eigenvalue weighted by Gasteiger charge is 2.37. The molecule has 0 aliphatic carbocycles. The molecule has 1 aromatic carbocycles. The van der Waals surface area contributed by atoms with E-state index in [1.54, 1.807) is 16.8 Å². The average molecular weight is 408 g/mol. The van der Waals surface area contributed by atoms with Crippen molar-refractivity contribution in [3.8, 4) is 0 Å². The highest BCUT2D eigenvalue weighted by molar-refractivity contribution is 7.88. The molecule has 7 nitrogen and oxygen atoms in total. The van der Waals surface area contributed by atoms with Gasteiger partial charge in [0.2, 0.25) is 21.8 Å². The van der Waals surface area contributed by atoms with Crippen molar-refractivity contribution in [2.24, 2.45) is 0 Å². The van der Waals surface area contributed by atoms with E-state index in [-0.39, 0.29) is 17.9 Å². The fourth-order valence-electron chi connectivity index (χ4n) is 4.08. The molecule has 28 heavy (non-hydrogen) atoms. The van der Waals surface area contributed by atoms with Gasteiger partial charge in [0.25, 0.3) is 0 Å². The van der Waals surface area contributed by atoms with Crippen LogP contribution in [0.5, 0.6) is 0 Å². The molecule has 2 aliphatic rings. The van der Waals surface area contributed by atoms with Crippen molar-refractivity contribution in [2.45, 2.75) is 44.2 Å². The lowest BCUT2D eigenvalue weighted by Crippen LogP contribution is -2.51. The molecule has 0 N–H and O–H groups in total. The minimum absolute atomic E-state index is 0.0279. The van der Waals surface area contributed by atoms with Gasteiger partial charge in [0.05, 0.1) is 6.26 Å². The van der Waals surface area contributed by atoms with Crippen LogP contribution in [0.3, 0.4) is 0 Å². The second-order valence-corrected chi connectivity index (χ2v) is 9.74. The maximum atomic E-state index is 13.4. The van der Waals surface area contributed by atoms with Gasteiger partial charge in [-0.05, 0) is 31.2 Å². The largest absolute Gasteiger partial charge is 0.340 e. The maximum absolute atomic E-state index is 13.4. The van der Waals surface area contributed by atoms with Crippen LogP contribution >= 0.6 is 0 Å². The number of piperidine rings is 2. The van der Waals surface area contributed by atoms with Gasteiger partial charge in [0.1, 0.15) is 6.04 Å². The quantitative estimate of drug-likeness (QED) is 0.743. The Balaban J connectivity index is 1.76. The SMILES string of the molecule is CN(C1CCN(C(=O)C(c2ccccc2)N2CCCCC2=O)CC1)S(C)(=O)=O. The Bertz CT molecular complexity index is 804. The van der Waals surface area contributed by atoms with Crippen LogP contribution in [0.25, 0.3) is 0 Å². The summed E-state index contributed by atoms with van der Waals surface area (Å²) in [7, 11) is -1.65. The van der Waals surface area contributed by atoms with Crippen LogP contribution in [0.4, 0.5) is 0 Å². The zero-order chi connectivity index (χ0) is 20.3. The van der Waals surface area contributed by atoms with E-state index in [0.29, 0.717) is 38.9 Å². The molecule has 0 radical (unpaired) electrons. The lowest BCUT2D eigenvalue weighted by atomic mass is 9.98. The summed E-state index contributed by atoms with van der Waals surface area (Å²) in [4.78, 5) is 29.4. The Labute approximate surface area is 167 Å². The van der Waals surface area contributed by atoms with Gasteiger partial charge in [-0.15, -0.1) is 0 Å². The van der Waals surface area contributed by atoms with Crippen molar-refractivity contribution in [3.05, 3.63) is 35.9 Å². The molecule has 2 heterocycles. The third kappa shape index (κ3) is 4.55. The summed E-state index contributed by atoms with van der Waals surface area (Å²) in [6.07, 6.45) is 4.67. The molecule has 0 saturated carbocycles. The Morgan fingerprint density at radius 2 is 1.75 bits per heavy atom. The number of benzene rings is 1. The summed E-state index contributed by atoms with van der Waals surface area (Å²) < 4.78 is 25.0. The Morgan fingerprint density at radius 3 is 2.32 bits per heavy atom. The lowest BCUT2D eigenvalue weighted by molar-refractivity contribution is -0.148. The topological polar surface area (TPSA) is 78.0 Å². The normalized spacial score (nSPS) is 20.5. The number of hydrogen-bond donors (Lipinski definition) is 0. The van der Waals surface area contributed by atoms with E-state index in [0.717, 1.165) is 18.4 Å². The lowest BCUT2D eigenvalue weighted by Gasteiger charge is -2.40. The average Bonchev–Trinajstić information content (AvgIpc) is 2.69. The molecule has 1 unspecified atom stereocenters. The van der Waals surface area contributed by atoms with Crippen LogP contribution in [0, 0.1) is 0 Å². The van der Waals surface area contributed by atoms with E-state index in [1.165, 1.54) is 10.6 Å². The number of rotatable bonds is 5.